The van der Waals surface area contributed by atoms with Gasteiger partial charge in [0.25, 0.3) is 0 Å². The van der Waals surface area contributed by atoms with E-state index in [2.05, 4.69) is 4.90 Å². The highest BCUT2D eigenvalue weighted by Gasteiger charge is 2.18. The van der Waals surface area contributed by atoms with Gasteiger partial charge in [-0.3, -0.25) is 24.4 Å². The number of aldehydes is 2. The molecule has 150 valence electrons. The van der Waals surface area contributed by atoms with Gasteiger partial charge in [-0.15, -0.1) is 0 Å². The van der Waals surface area contributed by atoms with Crippen molar-refractivity contribution in [2.24, 2.45) is 0 Å². The smallest absolute Gasteiger partial charge is 0.317 e. The molecule has 1 rings (SSSR count). The highest BCUT2D eigenvalue weighted by atomic mass is 16.4. The number of hydrogen-bond acceptors (Lipinski definition) is 8. The predicted molar refractivity (Wildman–Crippen MR) is 97.2 cm³/mol. The minimum Gasteiger partial charge on any atom is -0.480 e. The summed E-state index contributed by atoms with van der Waals surface area (Å²) in [5.74, 6) is -0.877. The van der Waals surface area contributed by atoms with Crippen LogP contribution >= 0.6 is 0 Å². The van der Waals surface area contributed by atoms with Gasteiger partial charge >= 0.3 is 5.97 Å². The molecule has 2 N–H and O–H groups in total. The van der Waals surface area contributed by atoms with Gasteiger partial charge in [0.2, 0.25) is 0 Å². The van der Waals surface area contributed by atoms with Gasteiger partial charge < -0.3 is 19.8 Å². The van der Waals surface area contributed by atoms with Crippen molar-refractivity contribution in [1.29, 1.82) is 0 Å². The molecule has 0 aromatic rings. The fourth-order valence-corrected chi connectivity index (χ4v) is 3.06. The first-order valence-corrected chi connectivity index (χ1v) is 9.11. The van der Waals surface area contributed by atoms with Gasteiger partial charge in [0.1, 0.15) is 12.6 Å². The van der Waals surface area contributed by atoms with E-state index in [1.807, 2.05) is 14.7 Å². The summed E-state index contributed by atoms with van der Waals surface area (Å²) in [6.07, 6.45) is 1.25. The van der Waals surface area contributed by atoms with Crippen molar-refractivity contribution >= 4 is 18.5 Å². The molecule has 0 aromatic carbocycles. The number of β-amino-alcohol motifs (C(OH)–C–C–N with tert-alkyl or cyclic N) is 1. The molecule has 1 aliphatic rings. The Hall–Kier alpha value is -1.39. The van der Waals surface area contributed by atoms with Crippen molar-refractivity contribution in [1.82, 2.24) is 19.6 Å². The van der Waals surface area contributed by atoms with E-state index in [9.17, 15) is 19.5 Å². The largest absolute Gasteiger partial charge is 0.480 e. The lowest BCUT2D eigenvalue weighted by atomic mass is 10.3. The van der Waals surface area contributed by atoms with E-state index in [1.54, 1.807) is 6.92 Å². The monoisotopic (exact) mass is 372 g/mol. The maximum atomic E-state index is 11.1. The first-order chi connectivity index (χ1) is 12.4. The van der Waals surface area contributed by atoms with Gasteiger partial charge in [-0.2, -0.15) is 0 Å². The average molecular weight is 372 g/mol. The molecular weight excluding hydrogens is 340 g/mol. The zero-order chi connectivity index (χ0) is 19.4. The van der Waals surface area contributed by atoms with Gasteiger partial charge in [0, 0.05) is 58.9 Å². The summed E-state index contributed by atoms with van der Waals surface area (Å²) in [7, 11) is 0. The summed E-state index contributed by atoms with van der Waals surface area (Å²) in [4.78, 5) is 40.9. The molecule has 26 heavy (non-hydrogen) atoms. The van der Waals surface area contributed by atoms with Crippen LogP contribution in [0.3, 0.4) is 0 Å². The average Bonchev–Trinajstić information content (AvgIpc) is 2.56. The number of aliphatic hydroxyl groups is 1. The van der Waals surface area contributed by atoms with Gasteiger partial charge in [-0.05, 0) is 6.92 Å². The molecule has 0 saturated carbocycles. The Kier molecular flexibility index (Phi) is 11.2. The first-order valence-electron chi connectivity index (χ1n) is 9.11. The third-order valence-corrected chi connectivity index (χ3v) is 4.48. The molecular formula is C17H32N4O5. The molecule has 1 unspecified atom stereocenters. The third-order valence-electron chi connectivity index (χ3n) is 4.48. The number of carbonyl (C=O) groups is 3. The van der Waals surface area contributed by atoms with Crippen LogP contribution in [0, 0.1) is 0 Å². The summed E-state index contributed by atoms with van der Waals surface area (Å²) in [5.41, 5.74) is 0. The van der Waals surface area contributed by atoms with E-state index in [4.69, 9.17) is 5.11 Å². The van der Waals surface area contributed by atoms with Gasteiger partial charge in [0.15, 0.2) is 0 Å². The number of carboxylic acids is 1. The van der Waals surface area contributed by atoms with E-state index in [-0.39, 0.29) is 6.54 Å². The van der Waals surface area contributed by atoms with Crippen LogP contribution in [-0.2, 0) is 14.4 Å². The van der Waals surface area contributed by atoms with Crippen LogP contribution in [0.15, 0.2) is 0 Å². The molecule has 9 heteroatoms. The molecule has 0 spiro atoms. The normalized spacial score (nSPS) is 21.5. The minimum absolute atomic E-state index is 0.0469. The topological polar surface area (TPSA) is 105 Å². The SMILES string of the molecule is CC(O)CN1CCN(CC=O)CCN(CC=O)CCN(CC(=O)O)CC1. The van der Waals surface area contributed by atoms with E-state index < -0.39 is 12.1 Å². The Morgan fingerprint density at radius 1 is 0.846 bits per heavy atom. The minimum atomic E-state index is -0.877. The number of aliphatic carboxylic acids is 1. The lowest BCUT2D eigenvalue weighted by Crippen LogP contribution is -2.48. The van der Waals surface area contributed by atoms with Crippen LogP contribution in [0.5, 0.6) is 0 Å². The number of aliphatic hydroxyl groups excluding tert-OH is 1. The zero-order valence-corrected chi connectivity index (χ0v) is 15.6. The summed E-state index contributed by atoms with van der Waals surface area (Å²) in [6, 6.07) is 0. The van der Waals surface area contributed by atoms with Crippen LogP contribution in [0.4, 0.5) is 0 Å². The van der Waals surface area contributed by atoms with E-state index in [1.165, 1.54) is 0 Å². The van der Waals surface area contributed by atoms with Crippen LogP contribution in [0.1, 0.15) is 6.92 Å². The van der Waals surface area contributed by atoms with Crippen molar-refractivity contribution in [3.8, 4) is 0 Å². The second-order valence-corrected chi connectivity index (χ2v) is 6.75. The number of hydrogen-bond donors (Lipinski definition) is 2. The first kappa shape index (κ1) is 22.7. The van der Waals surface area contributed by atoms with Crippen molar-refractivity contribution in [3.63, 3.8) is 0 Å². The highest BCUT2D eigenvalue weighted by molar-refractivity contribution is 5.69. The number of nitrogens with zero attached hydrogens (tertiary/aromatic N) is 4. The lowest BCUT2D eigenvalue weighted by Gasteiger charge is -2.33. The Labute approximate surface area is 155 Å². The molecule has 1 fully saturated rings. The number of carboxylic acid groups (broad SMARTS) is 1. The second-order valence-electron chi connectivity index (χ2n) is 6.75. The molecule has 0 aromatic heterocycles. The number of rotatable bonds is 8. The van der Waals surface area contributed by atoms with E-state index in [0.29, 0.717) is 72.0 Å². The number of carbonyl (C=O) groups excluding carboxylic acids is 2. The quantitative estimate of drug-likeness (QED) is 0.471. The molecule has 0 radical (unpaired) electrons. The van der Waals surface area contributed by atoms with E-state index in [0.717, 1.165) is 12.6 Å². The Balaban J connectivity index is 2.81. The molecule has 1 heterocycles. The summed E-state index contributed by atoms with van der Waals surface area (Å²) < 4.78 is 0. The van der Waals surface area contributed by atoms with Crippen molar-refractivity contribution in [2.45, 2.75) is 13.0 Å². The van der Waals surface area contributed by atoms with Gasteiger partial charge in [-0.25, -0.2) is 0 Å². The van der Waals surface area contributed by atoms with Crippen molar-refractivity contribution < 1.29 is 24.6 Å². The summed E-state index contributed by atoms with van der Waals surface area (Å²) in [6.45, 7) is 7.85. The maximum absolute atomic E-state index is 11.1. The lowest BCUT2D eigenvalue weighted by molar-refractivity contribution is -0.138. The maximum Gasteiger partial charge on any atom is 0.317 e. The summed E-state index contributed by atoms with van der Waals surface area (Å²) in [5, 5.41) is 18.8. The third kappa shape index (κ3) is 9.93. The molecule has 0 bridgehead atoms. The Morgan fingerprint density at radius 3 is 1.58 bits per heavy atom. The van der Waals surface area contributed by atoms with Crippen LogP contribution < -0.4 is 0 Å². The molecule has 0 amide bonds. The van der Waals surface area contributed by atoms with Crippen molar-refractivity contribution in [3.05, 3.63) is 0 Å². The standard InChI is InChI=1S/C17H32N4O5/c1-16(24)14-20-6-4-18(10-12-22)2-3-19(11-13-23)5-7-21(9-8-20)15-17(25)26/h12-13,16,24H,2-11,14-15H2,1H3,(H,25,26). The molecule has 9 nitrogen and oxygen atoms in total. The highest BCUT2D eigenvalue weighted by Crippen LogP contribution is 2.01. The zero-order valence-electron chi connectivity index (χ0n) is 15.6. The van der Waals surface area contributed by atoms with Gasteiger partial charge in [0.05, 0.1) is 25.7 Å². The van der Waals surface area contributed by atoms with Crippen LogP contribution in [0.2, 0.25) is 0 Å². The molecule has 1 aliphatic heterocycles. The van der Waals surface area contributed by atoms with Crippen LogP contribution in [-0.4, -0.2) is 133 Å². The summed E-state index contributed by atoms with van der Waals surface area (Å²) >= 11 is 0. The fourth-order valence-electron chi connectivity index (χ4n) is 3.06. The Morgan fingerprint density at radius 2 is 1.23 bits per heavy atom. The fraction of sp³-hybridized carbons (Fsp3) is 0.824. The molecule has 0 aliphatic carbocycles. The Bertz CT molecular complexity index is 435. The molecule has 1 atom stereocenters. The van der Waals surface area contributed by atoms with Crippen molar-refractivity contribution in [2.75, 3.05) is 78.5 Å². The van der Waals surface area contributed by atoms with E-state index >= 15 is 0 Å². The molecule has 1 saturated heterocycles. The van der Waals surface area contributed by atoms with Crippen LogP contribution in [0.25, 0.3) is 0 Å². The predicted octanol–water partition coefficient (Wildman–Crippen LogP) is -1.93. The van der Waals surface area contributed by atoms with Gasteiger partial charge in [-0.1, -0.05) is 0 Å². The second kappa shape index (κ2) is 12.9.